The van der Waals surface area contributed by atoms with Gasteiger partial charge in [0.05, 0.1) is 63.9 Å². The summed E-state index contributed by atoms with van der Waals surface area (Å²) in [6, 6.07) is 8.56. The minimum atomic E-state index is -3.72. The normalized spacial score (nSPS) is 12.9. The fourth-order valence-corrected chi connectivity index (χ4v) is 4.34. The Kier molecular flexibility index (Phi) is 9.96. The number of anilines is 2. The van der Waals surface area contributed by atoms with Gasteiger partial charge in [-0.25, -0.2) is 12.6 Å². The number of aliphatic hydroxyl groups is 2. The van der Waals surface area contributed by atoms with Crippen molar-refractivity contribution in [1.29, 1.82) is 0 Å². The van der Waals surface area contributed by atoms with Gasteiger partial charge >= 0.3 is 0 Å². The molecule has 11 nitrogen and oxygen atoms in total. The second kappa shape index (κ2) is 12.2. The zero-order chi connectivity index (χ0) is 23.7. The first-order chi connectivity index (χ1) is 15.2. The summed E-state index contributed by atoms with van der Waals surface area (Å²) in [7, 11) is -3.72. The van der Waals surface area contributed by atoms with Crippen LogP contribution >= 0.6 is 11.6 Å². The maximum absolute atomic E-state index is 12.2. The van der Waals surface area contributed by atoms with Gasteiger partial charge in [-0.1, -0.05) is 11.6 Å². The highest BCUT2D eigenvalue weighted by Gasteiger charge is 2.15. The molecule has 14 heteroatoms. The van der Waals surface area contributed by atoms with Crippen molar-refractivity contribution in [3.63, 3.8) is 0 Å². The van der Waals surface area contributed by atoms with Crippen LogP contribution in [0.15, 0.2) is 51.5 Å². The van der Waals surface area contributed by atoms with Crippen LogP contribution in [0.25, 0.3) is 0 Å². The quantitative estimate of drug-likeness (QED) is 0.220. The third-order valence-electron chi connectivity index (χ3n) is 4.18. The molecule has 0 spiro atoms. The highest BCUT2D eigenvalue weighted by Crippen LogP contribution is 2.36. The van der Waals surface area contributed by atoms with E-state index in [9.17, 15) is 27.4 Å². The lowest BCUT2D eigenvalue weighted by molar-refractivity contribution is 0.281. The van der Waals surface area contributed by atoms with Crippen LogP contribution in [0.2, 0.25) is 5.02 Å². The topological polar surface area (TPSA) is 178 Å². The first-order valence-corrected chi connectivity index (χ1v) is 12.2. The number of nitrogen functional groups attached to an aromatic ring is 1. The fraction of sp³-hybridized carbons (Fsp3) is 0.333. The van der Waals surface area contributed by atoms with Gasteiger partial charge < -0.3 is 25.4 Å². The molecule has 32 heavy (non-hydrogen) atoms. The summed E-state index contributed by atoms with van der Waals surface area (Å²) in [6.07, 6.45) is 0. The van der Waals surface area contributed by atoms with E-state index in [4.69, 9.17) is 17.3 Å². The fourth-order valence-electron chi connectivity index (χ4n) is 2.65. The SMILES string of the molecule is Nc1cc(N(CCO)CCO)c(Cl)cc1N=Nc1ccc(S(=O)(=O)CCOS(=O)[O-])cc1. The Morgan fingerprint density at radius 1 is 1.12 bits per heavy atom. The molecule has 0 amide bonds. The van der Waals surface area contributed by atoms with Crippen molar-refractivity contribution in [3.05, 3.63) is 41.4 Å². The number of hydrogen-bond acceptors (Lipinski definition) is 11. The molecule has 2 aromatic rings. The largest absolute Gasteiger partial charge is 0.750 e. The molecule has 176 valence electrons. The summed E-state index contributed by atoms with van der Waals surface area (Å²) in [5, 5.41) is 26.7. The summed E-state index contributed by atoms with van der Waals surface area (Å²) < 4.78 is 49.2. The van der Waals surface area contributed by atoms with Crippen LogP contribution in [-0.4, -0.2) is 66.1 Å². The molecule has 0 aliphatic heterocycles. The van der Waals surface area contributed by atoms with E-state index >= 15 is 0 Å². The van der Waals surface area contributed by atoms with Crippen LogP contribution in [0.3, 0.4) is 0 Å². The van der Waals surface area contributed by atoms with Gasteiger partial charge in [-0.05, 0) is 36.4 Å². The van der Waals surface area contributed by atoms with E-state index in [-0.39, 0.29) is 42.6 Å². The molecule has 1 unspecified atom stereocenters. The van der Waals surface area contributed by atoms with Gasteiger partial charge in [0.25, 0.3) is 0 Å². The predicted molar refractivity (Wildman–Crippen MR) is 120 cm³/mol. The van der Waals surface area contributed by atoms with Crippen LogP contribution in [0.4, 0.5) is 22.7 Å². The number of nitrogens with two attached hydrogens (primary N) is 1. The first-order valence-electron chi connectivity index (χ1n) is 9.20. The lowest BCUT2D eigenvalue weighted by Crippen LogP contribution is -2.29. The number of hydrogen-bond donors (Lipinski definition) is 3. The molecule has 0 saturated heterocycles. The second-order valence-corrected chi connectivity index (χ2v) is 9.50. The highest BCUT2D eigenvalue weighted by molar-refractivity contribution is 7.91. The third-order valence-corrected chi connectivity index (χ3v) is 6.53. The van der Waals surface area contributed by atoms with Gasteiger partial charge in [0.2, 0.25) is 0 Å². The Hall–Kier alpha value is -2.13. The van der Waals surface area contributed by atoms with Crippen LogP contribution in [0, 0.1) is 0 Å². The maximum atomic E-state index is 12.2. The smallest absolute Gasteiger partial charge is 0.180 e. The zero-order valence-corrected chi connectivity index (χ0v) is 19.1. The second-order valence-electron chi connectivity index (χ2n) is 6.34. The van der Waals surface area contributed by atoms with Crippen molar-refractivity contribution in [3.8, 4) is 0 Å². The molecule has 0 radical (unpaired) electrons. The molecule has 2 aromatic carbocycles. The molecule has 0 bridgehead atoms. The van der Waals surface area contributed by atoms with E-state index in [1.54, 1.807) is 11.0 Å². The average molecular weight is 506 g/mol. The van der Waals surface area contributed by atoms with Crippen LogP contribution in [-0.2, 0) is 25.4 Å². The number of halogens is 1. The zero-order valence-electron chi connectivity index (χ0n) is 16.8. The maximum Gasteiger partial charge on any atom is 0.180 e. The molecule has 0 aliphatic rings. The van der Waals surface area contributed by atoms with Crippen molar-refractivity contribution in [1.82, 2.24) is 0 Å². The Bertz CT molecular complexity index is 1060. The minimum absolute atomic E-state index is 0.0171. The molecular formula is C18H22ClN4O7S2-. The van der Waals surface area contributed by atoms with Gasteiger partial charge in [0, 0.05) is 13.1 Å². The molecule has 0 saturated carbocycles. The van der Waals surface area contributed by atoms with Crippen molar-refractivity contribution < 1.29 is 31.6 Å². The molecule has 0 aliphatic carbocycles. The van der Waals surface area contributed by atoms with Crippen molar-refractivity contribution >= 4 is 55.5 Å². The summed E-state index contributed by atoms with van der Waals surface area (Å²) >= 11 is 3.53. The molecule has 1 atom stereocenters. The van der Waals surface area contributed by atoms with Gasteiger partial charge in [-0.3, -0.25) is 4.18 Å². The van der Waals surface area contributed by atoms with Crippen LogP contribution < -0.4 is 10.6 Å². The summed E-state index contributed by atoms with van der Waals surface area (Å²) in [4.78, 5) is 1.66. The van der Waals surface area contributed by atoms with E-state index in [0.717, 1.165) is 0 Å². The van der Waals surface area contributed by atoms with Crippen LogP contribution in [0.5, 0.6) is 0 Å². The number of nitrogens with zero attached hydrogens (tertiary/aromatic N) is 3. The standard InChI is InChI=1S/C18H23ClN4O7S2/c19-15-11-17(16(20)12-18(15)23(5-7-24)6-8-25)22-21-13-1-3-14(4-2-13)32(28,29)10-9-30-31(26)27/h1-4,11-12,24-25H,5-10,20H2,(H,26,27)/p-1. The number of rotatable bonds is 12. The Balaban J connectivity index is 2.16. The summed E-state index contributed by atoms with van der Waals surface area (Å²) in [5.41, 5.74) is 7.47. The lowest BCUT2D eigenvalue weighted by Gasteiger charge is -2.24. The number of benzene rings is 2. The molecule has 2 rings (SSSR count). The van der Waals surface area contributed by atoms with Gasteiger partial charge in [-0.2, -0.15) is 5.11 Å². The summed E-state index contributed by atoms with van der Waals surface area (Å²) in [5.74, 6) is -0.493. The third kappa shape index (κ3) is 7.48. The Morgan fingerprint density at radius 2 is 1.75 bits per heavy atom. The number of azo groups is 1. The monoisotopic (exact) mass is 505 g/mol. The molecular weight excluding hydrogens is 484 g/mol. The van der Waals surface area contributed by atoms with Crippen molar-refractivity contribution in [2.24, 2.45) is 10.2 Å². The molecule has 4 N–H and O–H groups in total. The highest BCUT2D eigenvalue weighted by atomic mass is 35.5. The molecule has 0 fully saturated rings. The van der Waals surface area contributed by atoms with E-state index in [1.807, 2.05) is 0 Å². The summed E-state index contributed by atoms with van der Waals surface area (Å²) in [6.45, 7) is -0.222. The molecule has 0 heterocycles. The van der Waals surface area contributed by atoms with E-state index < -0.39 is 33.6 Å². The number of aliphatic hydroxyl groups excluding tert-OH is 2. The Morgan fingerprint density at radius 3 is 2.31 bits per heavy atom. The first kappa shape index (κ1) is 26.1. The average Bonchev–Trinajstić information content (AvgIpc) is 2.74. The lowest BCUT2D eigenvalue weighted by atomic mass is 10.2. The number of sulfone groups is 1. The van der Waals surface area contributed by atoms with Gasteiger partial charge in [-0.15, -0.1) is 5.11 Å². The van der Waals surface area contributed by atoms with E-state index in [2.05, 4.69) is 14.4 Å². The van der Waals surface area contributed by atoms with E-state index in [0.29, 0.717) is 16.4 Å². The van der Waals surface area contributed by atoms with Gasteiger partial charge in [0.15, 0.2) is 9.84 Å². The molecule has 0 aromatic heterocycles. The van der Waals surface area contributed by atoms with E-state index in [1.165, 1.54) is 30.3 Å². The van der Waals surface area contributed by atoms with Gasteiger partial charge in [0.1, 0.15) is 5.69 Å². The van der Waals surface area contributed by atoms with Crippen molar-refractivity contribution in [2.45, 2.75) is 4.90 Å². The predicted octanol–water partition coefficient (Wildman–Crippen LogP) is 1.71. The Labute approximate surface area is 192 Å². The van der Waals surface area contributed by atoms with Crippen molar-refractivity contribution in [2.75, 3.05) is 49.3 Å². The minimum Gasteiger partial charge on any atom is -0.750 e. The van der Waals surface area contributed by atoms with Crippen LogP contribution in [0.1, 0.15) is 0 Å².